The number of ketones is 1. The van der Waals surface area contributed by atoms with Gasteiger partial charge in [0.1, 0.15) is 0 Å². The Bertz CT molecular complexity index is 505. The van der Waals surface area contributed by atoms with Gasteiger partial charge in [0.25, 0.3) is 0 Å². The summed E-state index contributed by atoms with van der Waals surface area (Å²) in [5, 5.41) is 0. The number of rotatable bonds is 0. The quantitative estimate of drug-likeness (QED) is 0.647. The average Bonchev–Trinajstić information content (AvgIpc) is 2.49. The van der Waals surface area contributed by atoms with Crippen LogP contribution in [-0.4, -0.2) is 5.78 Å². The Balaban J connectivity index is 2.22. The molecule has 0 saturated heterocycles. The average molecular weight is 206 g/mol. The van der Waals surface area contributed by atoms with Crippen LogP contribution in [0.3, 0.4) is 0 Å². The van der Waals surface area contributed by atoms with Crippen LogP contribution >= 0.6 is 0 Å². The second kappa shape index (κ2) is 3.60. The van der Waals surface area contributed by atoms with E-state index in [4.69, 9.17) is 0 Å². The second-order valence-corrected chi connectivity index (χ2v) is 3.89. The zero-order valence-electron chi connectivity index (χ0n) is 8.73. The van der Waals surface area contributed by atoms with Gasteiger partial charge in [-0.15, -0.1) is 0 Å². The first-order valence-corrected chi connectivity index (χ1v) is 5.32. The van der Waals surface area contributed by atoms with Crippen molar-refractivity contribution in [2.45, 2.75) is 6.42 Å². The van der Waals surface area contributed by atoms with Crippen molar-refractivity contribution in [3.8, 4) is 0 Å². The zero-order valence-corrected chi connectivity index (χ0v) is 8.73. The molecule has 0 saturated carbocycles. The van der Waals surface area contributed by atoms with Gasteiger partial charge in [-0.3, -0.25) is 4.79 Å². The summed E-state index contributed by atoms with van der Waals surface area (Å²) in [4.78, 5) is 12.3. The first-order valence-electron chi connectivity index (χ1n) is 5.32. The maximum absolute atomic E-state index is 12.3. The van der Waals surface area contributed by atoms with Gasteiger partial charge in [-0.2, -0.15) is 0 Å². The minimum absolute atomic E-state index is 0.108. The molecule has 2 aromatic carbocycles. The fraction of sp³-hybridized carbons (Fsp3) is 0.0667. The van der Waals surface area contributed by atoms with E-state index in [-0.39, 0.29) is 5.78 Å². The van der Waals surface area contributed by atoms with Crippen LogP contribution in [0.4, 0.5) is 0 Å². The van der Waals surface area contributed by atoms with E-state index >= 15 is 0 Å². The molecule has 0 aromatic heterocycles. The van der Waals surface area contributed by atoms with E-state index in [0.717, 1.165) is 22.3 Å². The van der Waals surface area contributed by atoms with Crippen molar-refractivity contribution in [2.24, 2.45) is 0 Å². The van der Waals surface area contributed by atoms with Crippen LogP contribution in [0, 0.1) is 6.42 Å². The summed E-state index contributed by atoms with van der Waals surface area (Å²) in [5.41, 5.74) is 3.54. The van der Waals surface area contributed by atoms with Crippen molar-refractivity contribution in [3.63, 3.8) is 0 Å². The maximum Gasteiger partial charge on any atom is 0.193 e. The molecule has 1 aliphatic carbocycles. The summed E-state index contributed by atoms with van der Waals surface area (Å²) in [6.07, 6.45) is 4.00. The SMILES string of the molecule is O=C1c2ccccc2[C]Cc2ccccc21. The molecule has 0 unspecified atom stereocenters. The topological polar surface area (TPSA) is 17.1 Å². The number of carbonyl (C=O) groups excluding carboxylic acids is 1. The fourth-order valence-electron chi connectivity index (χ4n) is 2.07. The van der Waals surface area contributed by atoms with Gasteiger partial charge >= 0.3 is 0 Å². The van der Waals surface area contributed by atoms with Crippen molar-refractivity contribution in [1.82, 2.24) is 0 Å². The number of hydrogen-bond acceptors (Lipinski definition) is 1. The summed E-state index contributed by atoms with van der Waals surface area (Å²) >= 11 is 0. The van der Waals surface area contributed by atoms with Crippen LogP contribution in [0.15, 0.2) is 48.5 Å². The van der Waals surface area contributed by atoms with E-state index in [2.05, 4.69) is 6.42 Å². The van der Waals surface area contributed by atoms with Crippen molar-refractivity contribution >= 4 is 5.78 Å². The van der Waals surface area contributed by atoms with Crippen LogP contribution in [0.1, 0.15) is 27.0 Å². The molecular formula is C15H10O. The Kier molecular flexibility index (Phi) is 2.10. The Hall–Kier alpha value is -1.89. The fourth-order valence-corrected chi connectivity index (χ4v) is 2.07. The van der Waals surface area contributed by atoms with Crippen LogP contribution in [0.5, 0.6) is 0 Å². The van der Waals surface area contributed by atoms with Crippen molar-refractivity contribution in [1.29, 1.82) is 0 Å². The molecule has 2 aromatic rings. The lowest BCUT2D eigenvalue weighted by Crippen LogP contribution is -2.03. The third kappa shape index (κ3) is 1.36. The summed E-state index contributed by atoms with van der Waals surface area (Å²) in [7, 11) is 0. The normalized spacial score (nSPS) is 13.9. The van der Waals surface area contributed by atoms with Gasteiger partial charge in [0.15, 0.2) is 5.78 Å². The highest BCUT2D eigenvalue weighted by Gasteiger charge is 2.20. The lowest BCUT2D eigenvalue weighted by atomic mass is 9.99. The van der Waals surface area contributed by atoms with Crippen LogP contribution in [0.2, 0.25) is 0 Å². The van der Waals surface area contributed by atoms with Gasteiger partial charge in [0.05, 0.1) is 0 Å². The van der Waals surface area contributed by atoms with Crippen LogP contribution in [0.25, 0.3) is 0 Å². The smallest absolute Gasteiger partial charge is 0.193 e. The van der Waals surface area contributed by atoms with Gasteiger partial charge in [-0.1, -0.05) is 48.5 Å². The molecule has 1 heteroatoms. The Morgan fingerprint density at radius 3 is 2.44 bits per heavy atom. The lowest BCUT2D eigenvalue weighted by Gasteiger charge is -2.03. The molecule has 16 heavy (non-hydrogen) atoms. The minimum atomic E-state index is 0.108. The molecule has 0 aliphatic heterocycles. The van der Waals surface area contributed by atoms with E-state index in [1.165, 1.54) is 0 Å². The van der Waals surface area contributed by atoms with Gasteiger partial charge < -0.3 is 0 Å². The molecular weight excluding hydrogens is 196 g/mol. The van der Waals surface area contributed by atoms with Crippen molar-refractivity contribution < 1.29 is 4.79 Å². The largest absolute Gasteiger partial charge is 0.289 e. The summed E-state index contributed by atoms with van der Waals surface area (Å²) in [6, 6.07) is 15.4. The molecule has 1 aliphatic rings. The molecule has 2 radical (unpaired) electrons. The van der Waals surface area contributed by atoms with E-state index in [9.17, 15) is 4.79 Å². The van der Waals surface area contributed by atoms with Crippen molar-refractivity contribution in [2.75, 3.05) is 0 Å². The molecule has 76 valence electrons. The van der Waals surface area contributed by atoms with Gasteiger partial charge in [0, 0.05) is 17.5 Å². The van der Waals surface area contributed by atoms with Gasteiger partial charge in [0.2, 0.25) is 0 Å². The highest BCUT2D eigenvalue weighted by atomic mass is 16.1. The lowest BCUT2D eigenvalue weighted by molar-refractivity contribution is 0.103. The first kappa shape index (κ1) is 9.34. The van der Waals surface area contributed by atoms with Crippen molar-refractivity contribution in [3.05, 3.63) is 77.2 Å². The predicted octanol–water partition coefficient (Wildman–Crippen LogP) is 2.90. The standard InChI is InChI=1S/C15H10O/c16-15-13-7-3-1-5-11(13)9-10-12-6-2-4-8-14(12)15/h1-8H,9H2. The minimum Gasteiger partial charge on any atom is -0.289 e. The van der Waals surface area contributed by atoms with E-state index in [1.807, 2.05) is 48.5 Å². The molecule has 0 spiro atoms. The number of carbonyl (C=O) groups is 1. The monoisotopic (exact) mass is 206 g/mol. The van der Waals surface area contributed by atoms with E-state index < -0.39 is 0 Å². The summed E-state index contributed by atoms with van der Waals surface area (Å²) < 4.78 is 0. The molecule has 1 nitrogen and oxygen atoms in total. The third-order valence-corrected chi connectivity index (χ3v) is 2.90. The number of benzene rings is 2. The molecule has 3 rings (SSSR count). The predicted molar refractivity (Wildman–Crippen MR) is 62.4 cm³/mol. The highest BCUT2D eigenvalue weighted by molar-refractivity contribution is 6.11. The summed E-state index contributed by atoms with van der Waals surface area (Å²) in [6.45, 7) is 0. The third-order valence-electron chi connectivity index (χ3n) is 2.90. The Labute approximate surface area is 94.7 Å². The zero-order chi connectivity index (χ0) is 11.0. The van der Waals surface area contributed by atoms with Gasteiger partial charge in [-0.05, 0) is 17.5 Å². The van der Waals surface area contributed by atoms with E-state index in [0.29, 0.717) is 6.42 Å². The van der Waals surface area contributed by atoms with E-state index in [1.54, 1.807) is 0 Å². The molecule has 0 heterocycles. The molecule has 0 atom stereocenters. The number of fused-ring (bicyclic) bond motifs is 2. The molecule has 0 fully saturated rings. The molecule has 0 bridgehead atoms. The van der Waals surface area contributed by atoms with Crippen LogP contribution in [-0.2, 0) is 6.42 Å². The summed E-state index contributed by atoms with van der Waals surface area (Å²) in [5.74, 6) is 0.108. The first-order chi connectivity index (χ1) is 7.86. The highest BCUT2D eigenvalue weighted by Crippen LogP contribution is 2.24. The Morgan fingerprint density at radius 1 is 0.875 bits per heavy atom. The number of hydrogen-bond donors (Lipinski definition) is 0. The Morgan fingerprint density at radius 2 is 1.56 bits per heavy atom. The van der Waals surface area contributed by atoms with Crippen LogP contribution < -0.4 is 0 Å². The molecule has 0 N–H and O–H groups in total. The second-order valence-electron chi connectivity index (χ2n) is 3.89. The maximum atomic E-state index is 12.3. The molecule has 0 amide bonds. The van der Waals surface area contributed by atoms with Gasteiger partial charge in [-0.25, -0.2) is 0 Å².